The van der Waals surface area contributed by atoms with E-state index in [0.717, 1.165) is 0 Å². The summed E-state index contributed by atoms with van der Waals surface area (Å²) in [4.78, 5) is 16.7. The fourth-order valence-corrected chi connectivity index (χ4v) is 0. The predicted molar refractivity (Wildman–Crippen MR) is 36.1 cm³/mol. The van der Waals surface area contributed by atoms with Gasteiger partial charge in [-0.15, -0.1) is 0 Å². The van der Waals surface area contributed by atoms with Crippen molar-refractivity contribution in [2.45, 2.75) is 18.6 Å². The third-order valence-corrected chi connectivity index (χ3v) is 0.866. The molecule has 0 spiro atoms. The van der Waals surface area contributed by atoms with Crippen molar-refractivity contribution in [1.82, 2.24) is 0 Å². The molecule has 10 heavy (non-hydrogen) atoms. The molecule has 0 aromatic rings. The van der Waals surface area contributed by atoms with Crippen LogP contribution in [0.1, 0.15) is 13.3 Å². The van der Waals surface area contributed by atoms with Crippen LogP contribution in [-0.4, -0.2) is 16.3 Å². The summed E-state index contributed by atoms with van der Waals surface area (Å²) in [5.74, 6) is 0. The maximum Gasteiger partial charge on any atom is 0.0642 e. The second-order valence-corrected chi connectivity index (χ2v) is 1.81. The Morgan fingerprint density at radius 1 is 1.30 bits per heavy atom. The first kappa shape index (κ1) is 16.9. The average molecular weight is 196 g/mol. The van der Waals surface area contributed by atoms with Gasteiger partial charge in [-0.1, -0.05) is 0 Å². The summed E-state index contributed by atoms with van der Waals surface area (Å²) in [6, 6.07) is 0. The molecule has 0 saturated heterocycles. The van der Waals surface area contributed by atoms with Gasteiger partial charge in [0.05, 0.1) is 17.4 Å². The Labute approximate surface area is 71.6 Å². The molecule has 0 aliphatic rings. The van der Waals surface area contributed by atoms with Crippen molar-refractivity contribution in [2.24, 2.45) is 0 Å². The third kappa shape index (κ3) is 186. The first-order valence-electron chi connectivity index (χ1n) is 2.35. The van der Waals surface area contributed by atoms with Gasteiger partial charge in [0, 0.05) is 0 Å². The van der Waals surface area contributed by atoms with Crippen molar-refractivity contribution < 1.29 is 18.9 Å². The average Bonchev–Trinajstić information content (AvgIpc) is 1.91. The standard InChI is InChI=1S/C3H7.Al.2HO2P/c1-3-2;;2*1-3-2/h1,3H2,2H3;;2*(H,1,2)/q;+2;;/p-2. The molecule has 0 aliphatic carbocycles. The van der Waals surface area contributed by atoms with Gasteiger partial charge >= 0.3 is 34.9 Å². The summed E-state index contributed by atoms with van der Waals surface area (Å²) >= 11 is 2.66. The SMILES string of the molecule is CC[CH2][Al+2].O=P[O-].O=P[O-]. The summed E-state index contributed by atoms with van der Waals surface area (Å²) < 4.78 is 16.7. The van der Waals surface area contributed by atoms with Gasteiger partial charge in [0.25, 0.3) is 0 Å². The van der Waals surface area contributed by atoms with E-state index in [-0.39, 0.29) is 0 Å². The minimum atomic E-state index is -1.08. The Morgan fingerprint density at radius 2 is 1.40 bits per heavy atom. The Hall–Kier alpha value is 0.652. The molecular weight excluding hydrogens is 189 g/mol. The van der Waals surface area contributed by atoms with Crippen LogP contribution in [0.3, 0.4) is 0 Å². The van der Waals surface area contributed by atoms with Crippen LogP contribution in [0.5, 0.6) is 0 Å². The Bertz CT molecular complexity index is 54.5. The van der Waals surface area contributed by atoms with Gasteiger partial charge in [-0.05, 0) is 0 Å². The summed E-state index contributed by atoms with van der Waals surface area (Å²) in [7, 11) is -2.17. The number of rotatable bonds is 1. The van der Waals surface area contributed by atoms with Crippen LogP contribution < -0.4 is 9.79 Å². The molecule has 0 bridgehead atoms. The van der Waals surface area contributed by atoms with Crippen molar-refractivity contribution in [1.29, 1.82) is 0 Å². The van der Waals surface area contributed by atoms with Gasteiger partial charge in [-0.2, -0.15) is 0 Å². The van der Waals surface area contributed by atoms with Crippen molar-refractivity contribution in [3.63, 3.8) is 0 Å². The molecular formula is C3H7AlO4P2. The first-order valence-corrected chi connectivity index (χ1v) is 4.62. The zero-order chi connectivity index (χ0) is 8.83. The summed E-state index contributed by atoms with van der Waals surface area (Å²) in [6.45, 7) is 2.16. The molecule has 0 rings (SSSR count). The maximum atomic E-state index is 8.35. The molecule has 0 heterocycles. The minimum absolute atomic E-state index is 1.08. The van der Waals surface area contributed by atoms with E-state index in [1.54, 1.807) is 0 Å². The van der Waals surface area contributed by atoms with Gasteiger partial charge in [0.15, 0.2) is 0 Å². The van der Waals surface area contributed by atoms with Crippen LogP contribution in [0.4, 0.5) is 0 Å². The van der Waals surface area contributed by atoms with Crippen molar-refractivity contribution in [3.8, 4) is 0 Å². The summed E-state index contributed by atoms with van der Waals surface area (Å²) in [5.41, 5.74) is 0. The monoisotopic (exact) mass is 196 g/mol. The third-order valence-electron chi connectivity index (χ3n) is 0.289. The van der Waals surface area contributed by atoms with Crippen molar-refractivity contribution in [2.75, 3.05) is 0 Å². The zero-order valence-electron chi connectivity index (χ0n) is 5.52. The van der Waals surface area contributed by atoms with Crippen LogP contribution in [0, 0.1) is 0 Å². The zero-order valence-corrected chi connectivity index (χ0v) is 8.46. The smallest absolute Gasteiger partial charge is 0.0642 e. The van der Waals surface area contributed by atoms with E-state index >= 15 is 0 Å². The fraction of sp³-hybridized carbons (Fsp3) is 1.00. The van der Waals surface area contributed by atoms with Crippen LogP contribution >= 0.6 is 17.4 Å². The molecule has 0 saturated carbocycles. The number of hydrogen-bond donors (Lipinski definition) is 0. The molecule has 56 valence electrons. The largest absolute Gasteiger partial charge is 0.772 e. The molecule has 0 aromatic heterocycles. The van der Waals surface area contributed by atoms with Crippen LogP contribution in [0.2, 0.25) is 5.28 Å². The Kier molecular flexibility index (Phi) is 56.6. The second kappa shape index (κ2) is 33.4. The van der Waals surface area contributed by atoms with E-state index in [2.05, 4.69) is 23.2 Å². The predicted octanol–water partition coefficient (Wildman–Crippen LogP) is 0.0900. The van der Waals surface area contributed by atoms with E-state index in [0.29, 0.717) is 0 Å². The topological polar surface area (TPSA) is 80.3 Å². The van der Waals surface area contributed by atoms with E-state index in [1.807, 2.05) is 0 Å². The fourth-order valence-electron chi connectivity index (χ4n) is 0. The van der Waals surface area contributed by atoms with Crippen LogP contribution in [0.15, 0.2) is 0 Å². The van der Waals surface area contributed by atoms with E-state index in [9.17, 15) is 0 Å². The molecule has 7 heteroatoms. The van der Waals surface area contributed by atoms with E-state index < -0.39 is 17.4 Å². The maximum absolute atomic E-state index is 8.35. The second-order valence-electron chi connectivity index (χ2n) is 0.938. The summed E-state index contributed by atoms with van der Waals surface area (Å²) in [6.07, 6.45) is 1.28. The first-order chi connectivity index (χ1) is 4.74. The van der Waals surface area contributed by atoms with E-state index in [1.165, 1.54) is 11.7 Å². The molecule has 0 amide bonds. The molecule has 0 unspecified atom stereocenters. The molecule has 0 aliphatic heterocycles. The van der Waals surface area contributed by atoms with Crippen LogP contribution in [-0.2, 0) is 9.13 Å². The van der Waals surface area contributed by atoms with Crippen LogP contribution in [0.25, 0.3) is 0 Å². The van der Waals surface area contributed by atoms with Crippen molar-refractivity contribution >= 4 is 33.7 Å². The van der Waals surface area contributed by atoms with E-state index in [4.69, 9.17) is 18.9 Å². The normalized spacial score (nSPS) is 7.30. The quantitative estimate of drug-likeness (QED) is 0.439. The molecule has 0 aromatic carbocycles. The summed E-state index contributed by atoms with van der Waals surface area (Å²) in [5, 5.41) is 1.24. The van der Waals surface area contributed by atoms with Gasteiger partial charge in [-0.3, -0.25) is 9.13 Å². The van der Waals surface area contributed by atoms with Gasteiger partial charge in [0.2, 0.25) is 0 Å². The van der Waals surface area contributed by atoms with Gasteiger partial charge in [0.1, 0.15) is 0 Å². The Balaban J connectivity index is -0.0000000750. The Morgan fingerprint density at radius 3 is 1.40 bits per heavy atom. The molecule has 0 N–H and O–H groups in total. The minimum Gasteiger partial charge on any atom is -0.772 e. The van der Waals surface area contributed by atoms with Gasteiger partial charge in [-0.25, -0.2) is 0 Å². The molecule has 4 nitrogen and oxygen atoms in total. The van der Waals surface area contributed by atoms with Gasteiger partial charge < -0.3 is 9.79 Å². The molecule has 0 radical (unpaired) electrons. The molecule has 0 fully saturated rings. The number of hydrogen-bond acceptors (Lipinski definition) is 4. The molecule has 0 atom stereocenters. The van der Waals surface area contributed by atoms with Crippen molar-refractivity contribution in [3.05, 3.63) is 0 Å².